The minimum absolute atomic E-state index is 0.111. The first-order chi connectivity index (χ1) is 5.41. The van der Waals surface area contributed by atoms with Crippen LogP contribution in [0, 0.1) is 5.41 Å². The van der Waals surface area contributed by atoms with Gasteiger partial charge in [-0.05, 0) is 29.9 Å². The molecule has 1 N–H and O–H groups in total. The fourth-order valence-electron chi connectivity index (χ4n) is 1.10. The van der Waals surface area contributed by atoms with E-state index in [0.29, 0.717) is 0 Å². The van der Waals surface area contributed by atoms with Gasteiger partial charge in [-0.3, -0.25) is 0 Å². The summed E-state index contributed by atoms with van der Waals surface area (Å²) in [6.45, 7) is 10.6. The zero-order valence-corrected chi connectivity index (χ0v) is 8.86. The van der Waals surface area contributed by atoms with Gasteiger partial charge in [0.15, 0.2) is 0 Å². The molecule has 0 spiro atoms. The molecule has 0 aromatic rings. The summed E-state index contributed by atoms with van der Waals surface area (Å²) in [5.41, 5.74) is 5.60. The standard InChI is InChI=1S/C11H20O/c1-6-10(11(3,4)5)7-9(2)8-12/h12H,6,8H2,1-5H3. The van der Waals surface area contributed by atoms with Crippen molar-refractivity contribution in [2.45, 2.75) is 41.0 Å². The molecule has 0 aromatic carbocycles. The van der Waals surface area contributed by atoms with Gasteiger partial charge in [0, 0.05) is 0 Å². The lowest BCUT2D eigenvalue weighted by Crippen LogP contribution is -2.07. The van der Waals surface area contributed by atoms with Gasteiger partial charge < -0.3 is 5.11 Å². The molecule has 0 aromatic heterocycles. The highest BCUT2D eigenvalue weighted by Crippen LogP contribution is 2.26. The molecule has 0 atom stereocenters. The second-order valence-corrected chi connectivity index (χ2v) is 4.15. The van der Waals surface area contributed by atoms with E-state index < -0.39 is 0 Å². The van der Waals surface area contributed by atoms with Gasteiger partial charge in [0.05, 0.1) is 6.61 Å². The average molecular weight is 168 g/mol. The van der Waals surface area contributed by atoms with Crippen LogP contribution >= 0.6 is 0 Å². The van der Waals surface area contributed by atoms with Crippen molar-refractivity contribution in [2.24, 2.45) is 5.41 Å². The van der Waals surface area contributed by atoms with Crippen LogP contribution in [-0.4, -0.2) is 11.7 Å². The molecule has 0 aliphatic rings. The Balaban J connectivity index is 4.91. The van der Waals surface area contributed by atoms with Crippen LogP contribution in [0.25, 0.3) is 0 Å². The van der Waals surface area contributed by atoms with E-state index in [1.54, 1.807) is 0 Å². The Kier molecular flexibility index (Phi) is 4.30. The summed E-state index contributed by atoms with van der Waals surface area (Å²) < 4.78 is 0. The fourth-order valence-corrected chi connectivity index (χ4v) is 1.10. The predicted octanol–water partition coefficient (Wildman–Crippen LogP) is 2.91. The normalized spacial score (nSPS) is 10.8. The maximum atomic E-state index is 8.83. The average Bonchev–Trinajstić information content (AvgIpc) is 1.97. The fraction of sp³-hybridized carbons (Fsp3) is 0.727. The third-order valence-electron chi connectivity index (χ3n) is 1.86. The van der Waals surface area contributed by atoms with E-state index in [2.05, 4.69) is 33.4 Å². The minimum Gasteiger partial charge on any atom is -0.391 e. The lowest BCUT2D eigenvalue weighted by Gasteiger charge is -2.19. The van der Waals surface area contributed by atoms with Crippen molar-refractivity contribution in [3.8, 4) is 0 Å². The molecule has 0 unspecified atom stereocenters. The van der Waals surface area contributed by atoms with Gasteiger partial charge >= 0.3 is 0 Å². The van der Waals surface area contributed by atoms with E-state index in [0.717, 1.165) is 12.0 Å². The smallest absolute Gasteiger partial charge is 0.0713 e. The monoisotopic (exact) mass is 168 g/mol. The van der Waals surface area contributed by atoms with Crippen LogP contribution in [0.5, 0.6) is 0 Å². The van der Waals surface area contributed by atoms with Crippen LogP contribution in [-0.2, 0) is 0 Å². The SMILES string of the molecule is CCC(=C=C(C)CO)C(C)(C)C. The van der Waals surface area contributed by atoms with Gasteiger partial charge in [-0.2, -0.15) is 0 Å². The molecule has 70 valence electrons. The lowest BCUT2D eigenvalue weighted by molar-refractivity contribution is 0.331. The van der Waals surface area contributed by atoms with Crippen LogP contribution in [0.4, 0.5) is 0 Å². The molecule has 0 aliphatic heterocycles. The number of aliphatic hydroxyl groups is 1. The second kappa shape index (κ2) is 4.49. The molecule has 0 radical (unpaired) electrons. The Bertz CT molecular complexity index is 200. The van der Waals surface area contributed by atoms with Crippen molar-refractivity contribution < 1.29 is 5.11 Å². The highest BCUT2D eigenvalue weighted by Gasteiger charge is 2.14. The van der Waals surface area contributed by atoms with Crippen molar-refractivity contribution in [1.29, 1.82) is 0 Å². The molecular weight excluding hydrogens is 148 g/mol. The predicted molar refractivity (Wildman–Crippen MR) is 53.0 cm³/mol. The first kappa shape index (κ1) is 11.5. The molecular formula is C11H20O. The molecule has 1 nitrogen and oxygen atoms in total. The largest absolute Gasteiger partial charge is 0.391 e. The number of aliphatic hydroxyl groups excluding tert-OH is 1. The van der Waals surface area contributed by atoms with Crippen LogP contribution in [0.2, 0.25) is 0 Å². The molecule has 0 bridgehead atoms. The first-order valence-electron chi connectivity index (χ1n) is 4.48. The Morgan fingerprint density at radius 2 is 1.83 bits per heavy atom. The van der Waals surface area contributed by atoms with Gasteiger partial charge in [-0.25, -0.2) is 0 Å². The molecule has 0 aliphatic carbocycles. The number of hydrogen-bond donors (Lipinski definition) is 1. The van der Waals surface area contributed by atoms with Crippen molar-refractivity contribution in [2.75, 3.05) is 6.61 Å². The molecule has 0 saturated carbocycles. The molecule has 1 heteroatoms. The quantitative estimate of drug-likeness (QED) is 0.628. The molecule has 0 rings (SSSR count). The van der Waals surface area contributed by atoms with E-state index in [4.69, 9.17) is 5.11 Å². The first-order valence-corrected chi connectivity index (χ1v) is 4.48. The van der Waals surface area contributed by atoms with Crippen molar-refractivity contribution in [3.63, 3.8) is 0 Å². The van der Waals surface area contributed by atoms with Crippen molar-refractivity contribution in [1.82, 2.24) is 0 Å². The van der Waals surface area contributed by atoms with Crippen molar-refractivity contribution >= 4 is 0 Å². The third kappa shape index (κ3) is 3.75. The van der Waals surface area contributed by atoms with Crippen LogP contribution in [0.1, 0.15) is 41.0 Å². The minimum atomic E-state index is 0.111. The summed E-state index contributed by atoms with van der Waals surface area (Å²) in [5, 5.41) is 8.83. The van der Waals surface area contributed by atoms with Gasteiger partial charge in [-0.1, -0.05) is 27.7 Å². The topological polar surface area (TPSA) is 20.2 Å². The summed E-state index contributed by atoms with van der Waals surface area (Å²) in [4.78, 5) is 0. The Morgan fingerprint density at radius 1 is 1.33 bits per heavy atom. The summed E-state index contributed by atoms with van der Waals surface area (Å²) in [6, 6.07) is 0. The van der Waals surface area contributed by atoms with Crippen LogP contribution in [0.3, 0.4) is 0 Å². The molecule has 0 saturated heterocycles. The van der Waals surface area contributed by atoms with Gasteiger partial charge in [-0.15, -0.1) is 5.73 Å². The van der Waals surface area contributed by atoms with E-state index in [1.807, 2.05) is 6.92 Å². The summed E-state index contributed by atoms with van der Waals surface area (Å²) in [5.74, 6) is 0. The zero-order valence-electron chi connectivity index (χ0n) is 8.86. The van der Waals surface area contributed by atoms with Gasteiger partial charge in [0.25, 0.3) is 0 Å². The van der Waals surface area contributed by atoms with E-state index >= 15 is 0 Å². The van der Waals surface area contributed by atoms with Crippen LogP contribution in [0.15, 0.2) is 16.9 Å². The van der Waals surface area contributed by atoms with E-state index in [9.17, 15) is 0 Å². The maximum absolute atomic E-state index is 8.83. The Labute approximate surface area is 75.8 Å². The zero-order chi connectivity index (χ0) is 9.78. The molecule has 0 fully saturated rings. The number of rotatable bonds is 2. The maximum Gasteiger partial charge on any atom is 0.0713 e. The lowest BCUT2D eigenvalue weighted by atomic mass is 9.85. The molecule has 12 heavy (non-hydrogen) atoms. The summed E-state index contributed by atoms with van der Waals surface area (Å²) in [6.07, 6.45) is 1.00. The van der Waals surface area contributed by atoms with E-state index in [1.165, 1.54) is 5.57 Å². The van der Waals surface area contributed by atoms with E-state index in [-0.39, 0.29) is 12.0 Å². The second-order valence-electron chi connectivity index (χ2n) is 4.15. The molecule has 0 amide bonds. The van der Waals surface area contributed by atoms with Gasteiger partial charge in [0.1, 0.15) is 0 Å². The number of hydrogen-bond acceptors (Lipinski definition) is 1. The van der Waals surface area contributed by atoms with Gasteiger partial charge in [0.2, 0.25) is 0 Å². The van der Waals surface area contributed by atoms with Crippen LogP contribution < -0.4 is 0 Å². The highest BCUT2D eigenvalue weighted by atomic mass is 16.3. The molecule has 0 heterocycles. The summed E-state index contributed by atoms with van der Waals surface area (Å²) in [7, 11) is 0. The Morgan fingerprint density at radius 3 is 2.08 bits per heavy atom. The summed E-state index contributed by atoms with van der Waals surface area (Å²) >= 11 is 0. The third-order valence-corrected chi connectivity index (χ3v) is 1.86. The van der Waals surface area contributed by atoms with Crippen molar-refractivity contribution in [3.05, 3.63) is 16.9 Å². The Hall–Kier alpha value is -0.520. The highest BCUT2D eigenvalue weighted by molar-refractivity contribution is 5.13.